The monoisotopic (exact) mass is 274 g/mol. The van der Waals surface area contributed by atoms with Gasteiger partial charge in [0.25, 0.3) is 5.91 Å². The van der Waals surface area contributed by atoms with Crippen molar-refractivity contribution in [3.8, 4) is 0 Å². The summed E-state index contributed by atoms with van der Waals surface area (Å²) in [5, 5.41) is 6.89. The van der Waals surface area contributed by atoms with E-state index in [1.54, 1.807) is 6.20 Å². The fraction of sp³-hybridized carbons (Fsp3) is 0.500. The van der Waals surface area contributed by atoms with Gasteiger partial charge in [0, 0.05) is 13.0 Å². The number of aromatic nitrogens is 3. The SMILES string of the molecule is Cc1ncc(NC(=O)c2conc2C2CCCC2)n1C. The number of nitrogens with zero attached hydrogens (tertiary/aromatic N) is 3. The largest absolute Gasteiger partial charge is 0.364 e. The van der Waals surface area contributed by atoms with Gasteiger partial charge >= 0.3 is 0 Å². The Kier molecular flexibility index (Phi) is 3.30. The topological polar surface area (TPSA) is 73.0 Å². The van der Waals surface area contributed by atoms with E-state index in [9.17, 15) is 4.79 Å². The molecule has 3 rings (SSSR count). The summed E-state index contributed by atoms with van der Waals surface area (Å²) < 4.78 is 6.85. The molecule has 1 fully saturated rings. The maximum Gasteiger partial charge on any atom is 0.262 e. The van der Waals surface area contributed by atoms with Crippen molar-refractivity contribution in [2.45, 2.75) is 38.5 Å². The Bertz CT molecular complexity index is 623. The highest BCUT2D eigenvalue weighted by molar-refractivity contribution is 6.04. The summed E-state index contributed by atoms with van der Waals surface area (Å²) in [5.41, 5.74) is 1.33. The van der Waals surface area contributed by atoms with E-state index < -0.39 is 0 Å². The molecule has 0 bridgehead atoms. The predicted octanol–water partition coefficient (Wildman–Crippen LogP) is 2.63. The van der Waals surface area contributed by atoms with Crippen molar-refractivity contribution < 1.29 is 9.32 Å². The van der Waals surface area contributed by atoms with Gasteiger partial charge in [0.15, 0.2) is 0 Å². The minimum Gasteiger partial charge on any atom is -0.364 e. The van der Waals surface area contributed by atoms with Crippen molar-refractivity contribution in [1.82, 2.24) is 14.7 Å². The summed E-state index contributed by atoms with van der Waals surface area (Å²) >= 11 is 0. The van der Waals surface area contributed by atoms with Gasteiger partial charge < -0.3 is 14.4 Å². The van der Waals surface area contributed by atoms with Crippen LogP contribution in [-0.2, 0) is 7.05 Å². The first-order chi connectivity index (χ1) is 9.66. The number of amides is 1. The fourth-order valence-corrected chi connectivity index (χ4v) is 2.71. The van der Waals surface area contributed by atoms with E-state index in [1.165, 1.54) is 19.1 Å². The van der Waals surface area contributed by atoms with Crippen LogP contribution in [-0.4, -0.2) is 20.6 Å². The highest BCUT2D eigenvalue weighted by Crippen LogP contribution is 2.35. The van der Waals surface area contributed by atoms with Gasteiger partial charge in [-0.2, -0.15) is 0 Å². The smallest absolute Gasteiger partial charge is 0.262 e. The van der Waals surface area contributed by atoms with Gasteiger partial charge in [-0.3, -0.25) is 4.79 Å². The van der Waals surface area contributed by atoms with Gasteiger partial charge in [0.05, 0.1) is 11.9 Å². The molecular weight excluding hydrogens is 256 g/mol. The average Bonchev–Trinajstić information content (AvgIpc) is 3.14. The molecule has 2 aromatic heterocycles. The van der Waals surface area contributed by atoms with Crippen molar-refractivity contribution in [2.75, 3.05) is 5.32 Å². The molecule has 1 aliphatic rings. The lowest BCUT2D eigenvalue weighted by molar-refractivity contribution is 0.102. The number of hydrogen-bond acceptors (Lipinski definition) is 4. The first-order valence-electron chi connectivity index (χ1n) is 6.90. The number of aryl methyl sites for hydroxylation is 1. The lowest BCUT2D eigenvalue weighted by Gasteiger charge is -2.08. The number of nitrogens with one attached hydrogen (secondary N) is 1. The molecule has 1 aliphatic carbocycles. The molecule has 0 saturated heterocycles. The quantitative estimate of drug-likeness (QED) is 0.933. The van der Waals surface area contributed by atoms with Gasteiger partial charge in [-0.1, -0.05) is 18.0 Å². The van der Waals surface area contributed by atoms with Crippen LogP contribution in [0.5, 0.6) is 0 Å². The number of anilines is 1. The molecule has 2 heterocycles. The lowest BCUT2D eigenvalue weighted by atomic mass is 10.0. The van der Waals surface area contributed by atoms with Gasteiger partial charge in [0.2, 0.25) is 0 Å². The van der Waals surface area contributed by atoms with E-state index in [1.807, 2.05) is 18.5 Å². The number of carbonyl (C=O) groups is 1. The molecule has 1 saturated carbocycles. The minimum absolute atomic E-state index is 0.184. The molecule has 2 aromatic rings. The molecule has 0 unspecified atom stereocenters. The number of rotatable bonds is 3. The van der Waals surface area contributed by atoms with Crippen LogP contribution in [0.15, 0.2) is 17.0 Å². The normalized spacial score (nSPS) is 15.7. The third-order valence-corrected chi connectivity index (χ3v) is 4.05. The Morgan fingerprint density at radius 2 is 2.20 bits per heavy atom. The van der Waals surface area contributed by atoms with E-state index in [0.29, 0.717) is 17.3 Å². The summed E-state index contributed by atoms with van der Waals surface area (Å²) in [4.78, 5) is 16.5. The van der Waals surface area contributed by atoms with Crippen molar-refractivity contribution in [1.29, 1.82) is 0 Å². The van der Waals surface area contributed by atoms with E-state index in [2.05, 4.69) is 15.5 Å². The van der Waals surface area contributed by atoms with Crippen LogP contribution in [0.1, 0.15) is 53.5 Å². The van der Waals surface area contributed by atoms with Crippen LogP contribution in [0.25, 0.3) is 0 Å². The van der Waals surface area contributed by atoms with E-state index >= 15 is 0 Å². The fourth-order valence-electron chi connectivity index (χ4n) is 2.71. The molecule has 0 radical (unpaired) electrons. The molecule has 0 atom stereocenters. The number of imidazole rings is 1. The maximum absolute atomic E-state index is 12.4. The molecule has 6 heteroatoms. The van der Waals surface area contributed by atoms with E-state index in [0.717, 1.165) is 24.4 Å². The summed E-state index contributed by atoms with van der Waals surface area (Å²) in [7, 11) is 1.86. The Balaban J connectivity index is 1.81. The standard InChI is InChI=1S/C14H18N4O2/c1-9-15-7-12(18(9)2)16-14(19)11-8-20-17-13(11)10-5-3-4-6-10/h7-8,10H,3-6H2,1-2H3,(H,16,19). The highest BCUT2D eigenvalue weighted by Gasteiger charge is 2.26. The van der Waals surface area contributed by atoms with Crippen LogP contribution in [0.4, 0.5) is 5.82 Å². The molecule has 1 amide bonds. The van der Waals surface area contributed by atoms with Gasteiger partial charge in [0.1, 0.15) is 23.5 Å². The van der Waals surface area contributed by atoms with Gasteiger partial charge in [-0.05, 0) is 19.8 Å². The van der Waals surface area contributed by atoms with Gasteiger partial charge in [-0.15, -0.1) is 0 Å². The third kappa shape index (κ3) is 2.21. The van der Waals surface area contributed by atoms with Crippen molar-refractivity contribution in [3.05, 3.63) is 29.5 Å². The van der Waals surface area contributed by atoms with Crippen LogP contribution in [0, 0.1) is 6.92 Å². The zero-order valence-electron chi connectivity index (χ0n) is 11.7. The molecule has 6 nitrogen and oxygen atoms in total. The molecule has 20 heavy (non-hydrogen) atoms. The first kappa shape index (κ1) is 12.9. The molecule has 0 aliphatic heterocycles. The Labute approximate surface area is 117 Å². The van der Waals surface area contributed by atoms with Crippen LogP contribution in [0.3, 0.4) is 0 Å². The Morgan fingerprint density at radius 3 is 2.85 bits per heavy atom. The van der Waals surface area contributed by atoms with Crippen LogP contribution >= 0.6 is 0 Å². The van der Waals surface area contributed by atoms with E-state index in [4.69, 9.17) is 4.52 Å². The maximum atomic E-state index is 12.4. The van der Waals surface area contributed by atoms with Crippen molar-refractivity contribution >= 4 is 11.7 Å². The van der Waals surface area contributed by atoms with Crippen molar-refractivity contribution in [3.63, 3.8) is 0 Å². The molecule has 0 spiro atoms. The average molecular weight is 274 g/mol. The Morgan fingerprint density at radius 1 is 1.45 bits per heavy atom. The molecule has 1 N–H and O–H groups in total. The van der Waals surface area contributed by atoms with Gasteiger partial charge in [-0.25, -0.2) is 4.98 Å². The summed E-state index contributed by atoms with van der Waals surface area (Å²) in [6, 6.07) is 0. The summed E-state index contributed by atoms with van der Waals surface area (Å²) in [5.74, 6) is 1.69. The Hall–Kier alpha value is -2.11. The van der Waals surface area contributed by atoms with Crippen LogP contribution in [0.2, 0.25) is 0 Å². The predicted molar refractivity (Wildman–Crippen MR) is 73.6 cm³/mol. The second-order valence-electron chi connectivity index (χ2n) is 5.30. The molecular formula is C14H18N4O2. The summed E-state index contributed by atoms with van der Waals surface area (Å²) in [6.07, 6.45) is 7.64. The number of hydrogen-bond donors (Lipinski definition) is 1. The number of carbonyl (C=O) groups excluding carboxylic acids is 1. The second kappa shape index (κ2) is 5.11. The zero-order chi connectivity index (χ0) is 14.1. The minimum atomic E-state index is -0.184. The van der Waals surface area contributed by atoms with Crippen molar-refractivity contribution in [2.24, 2.45) is 7.05 Å². The molecule has 0 aromatic carbocycles. The zero-order valence-corrected chi connectivity index (χ0v) is 11.7. The highest BCUT2D eigenvalue weighted by atomic mass is 16.5. The van der Waals surface area contributed by atoms with E-state index in [-0.39, 0.29) is 5.91 Å². The summed E-state index contributed by atoms with van der Waals surface area (Å²) in [6.45, 7) is 1.89. The lowest BCUT2D eigenvalue weighted by Crippen LogP contribution is -2.16. The third-order valence-electron chi connectivity index (χ3n) is 4.05. The molecule has 106 valence electrons. The first-order valence-corrected chi connectivity index (χ1v) is 6.90. The second-order valence-corrected chi connectivity index (χ2v) is 5.30. The van der Waals surface area contributed by atoms with Crippen LogP contribution < -0.4 is 5.32 Å².